The van der Waals surface area contributed by atoms with E-state index < -0.39 is 21.9 Å². The summed E-state index contributed by atoms with van der Waals surface area (Å²) >= 11 is 0. The fourth-order valence-electron chi connectivity index (χ4n) is 1.97. The van der Waals surface area contributed by atoms with Crippen molar-refractivity contribution in [2.24, 2.45) is 0 Å². The smallest absolute Gasteiger partial charge is 0.243 e. The SMILES string of the molecule is CC(c1ccccc1F)N(C)S(=O)(=O)c1ccnc(N)c1. The number of hydrogen-bond donors (Lipinski definition) is 1. The van der Waals surface area contributed by atoms with Gasteiger partial charge in [-0.05, 0) is 19.1 Å². The third kappa shape index (κ3) is 3.03. The third-order valence-corrected chi connectivity index (χ3v) is 5.25. The Balaban J connectivity index is 2.39. The number of nitrogen functional groups attached to an aromatic ring is 1. The highest BCUT2D eigenvalue weighted by molar-refractivity contribution is 7.89. The summed E-state index contributed by atoms with van der Waals surface area (Å²) in [5.74, 6) is -0.329. The molecule has 0 bridgehead atoms. The average Bonchev–Trinajstić information content (AvgIpc) is 2.46. The van der Waals surface area contributed by atoms with Gasteiger partial charge in [-0.3, -0.25) is 0 Å². The van der Waals surface area contributed by atoms with Crippen molar-refractivity contribution >= 4 is 15.8 Å². The molecular weight excluding hydrogens is 293 g/mol. The van der Waals surface area contributed by atoms with Crippen molar-refractivity contribution in [3.8, 4) is 0 Å². The van der Waals surface area contributed by atoms with Crippen molar-refractivity contribution in [2.75, 3.05) is 12.8 Å². The van der Waals surface area contributed by atoms with E-state index in [1.807, 2.05) is 0 Å². The minimum Gasteiger partial charge on any atom is -0.384 e. The van der Waals surface area contributed by atoms with Crippen molar-refractivity contribution in [2.45, 2.75) is 17.9 Å². The van der Waals surface area contributed by atoms with Crippen LogP contribution < -0.4 is 5.73 Å². The topological polar surface area (TPSA) is 76.3 Å². The lowest BCUT2D eigenvalue weighted by atomic mass is 10.1. The van der Waals surface area contributed by atoms with E-state index in [1.165, 1.54) is 31.4 Å². The zero-order valence-corrected chi connectivity index (χ0v) is 12.5. The normalized spacial score (nSPS) is 13.3. The van der Waals surface area contributed by atoms with Gasteiger partial charge in [0.15, 0.2) is 0 Å². The highest BCUT2D eigenvalue weighted by Gasteiger charge is 2.27. The zero-order chi connectivity index (χ0) is 15.6. The van der Waals surface area contributed by atoms with Gasteiger partial charge in [-0.1, -0.05) is 18.2 Å². The molecule has 0 saturated heterocycles. The predicted octanol–water partition coefficient (Wildman–Crippen LogP) is 2.18. The van der Waals surface area contributed by atoms with Crippen LogP contribution in [0.4, 0.5) is 10.2 Å². The highest BCUT2D eigenvalue weighted by atomic mass is 32.2. The Hall–Kier alpha value is -1.99. The molecule has 0 radical (unpaired) electrons. The quantitative estimate of drug-likeness (QED) is 0.939. The molecule has 21 heavy (non-hydrogen) atoms. The number of nitrogens with zero attached hydrogens (tertiary/aromatic N) is 2. The maximum atomic E-state index is 13.8. The maximum absolute atomic E-state index is 13.8. The second kappa shape index (κ2) is 5.79. The third-order valence-electron chi connectivity index (χ3n) is 3.33. The number of anilines is 1. The summed E-state index contributed by atoms with van der Waals surface area (Å²) in [7, 11) is -2.37. The van der Waals surface area contributed by atoms with Gasteiger partial charge < -0.3 is 5.73 Å². The van der Waals surface area contributed by atoms with Crippen LogP contribution in [0.2, 0.25) is 0 Å². The van der Waals surface area contributed by atoms with Crippen molar-refractivity contribution in [1.82, 2.24) is 9.29 Å². The van der Waals surface area contributed by atoms with Crippen LogP contribution in [0.5, 0.6) is 0 Å². The Bertz CT molecular complexity index is 749. The van der Waals surface area contributed by atoms with E-state index >= 15 is 0 Å². The molecule has 0 spiro atoms. The molecule has 1 atom stereocenters. The summed E-state index contributed by atoms with van der Waals surface area (Å²) in [6.07, 6.45) is 1.32. The van der Waals surface area contributed by atoms with Crippen LogP contribution in [0, 0.1) is 5.82 Å². The molecule has 112 valence electrons. The van der Waals surface area contributed by atoms with Crippen LogP contribution in [0.25, 0.3) is 0 Å². The molecule has 7 heteroatoms. The number of hydrogen-bond acceptors (Lipinski definition) is 4. The lowest BCUT2D eigenvalue weighted by Gasteiger charge is -2.25. The number of halogens is 1. The van der Waals surface area contributed by atoms with E-state index in [4.69, 9.17) is 5.73 Å². The molecule has 2 rings (SSSR count). The molecule has 2 aromatic rings. The van der Waals surface area contributed by atoms with Gasteiger partial charge in [-0.15, -0.1) is 0 Å². The molecule has 0 aliphatic carbocycles. The summed E-state index contributed by atoms with van der Waals surface area (Å²) in [5.41, 5.74) is 5.82. The Morgan fingerprint density at radius 1 is 1.29 bits per heavy atom. The Kier molecular flexibility index (Phi) is 4.24. The van der Waals surface area contributed by atoms with E-state index in [0.717, 1.165) is 4.31 Å². The first-order valence-electron chi connectivity index (χ1n) is 6.28. The Morgan fingerprint density at radius 2 is 1.95 bits per heavy atom. The zero-order valence-electron chi connectivity index (χ0n) is 11.7. The molecular formula is C14H16FN3O2S. The summed E-state index contributed by atoms with van der Waals surface area (Å²) in [4.78, 5) is 3.79. The first-order valence-corrected chi connectivity index (χ1v) is 7.72. The number of aromatic nitrogens is 1. The molecule has 1 aromatic carbocycles. The molecule has 0 amide bonds. The number of rotatable bonds is 4. The van der Waals surface area contributed by atoms with E-state index in [9.17, 15) is 12.8 Å². The van der Waals surface area contributed by atoms with Crippen LogP contribution in [-0.2, 0) is 10.0 Å². The molecule has 0 aliphatic heterocycles. The minimum absolute atomic E-state index is 0.0284. The Labute approximate surface area is 123 Å². The fraction of sp³-hybridized carbons (Fsp3) is 0.214. The van der Waals surface area contributed by atoms with Gasteiger partial charge in [0.25, 0.3) is 0 Å². The molecule has 0 fully saturated rings. The number of sulfonamides is 1. The van der Waals surface area contributed by atoms with Crippen LogP contribution in [0.15, 0.2) is 47.5 Å². The number of nitrogens with two attached hydrogens (primary N) is 1. The molecule has 1 unspecified atom stereocenters. The maximum Gasteiger partial charge on any atom is 0.243 e. The van der Waals surface area contributed by atoms with Crippen LogP contribution >= 0.6 is 0 Å². The first kappa shape index (κ1) is 15.4. The molecule has 1 heterocycles. The molecule has 2 N–H and O–H groups in total. The van der Waals surface area contributed by atoms with Crippen molar-refractivity contribution < 1.29 is 12.8 Å². The van der Waals surface area contributed by atoms with E-state index in [-0.39, 0.29) is 10.7 Å². The van der Waals surface area contributed by atoms with Crippen molar-refractivity contribution in [1.29, 1.82) is 0 Å². The molecule has 5 nitrogen and oxygen atoms in total. The second-order valence-electron chi connectivity index (χ2n) is 4.64. The summed E-state index contributed by atoms with van der Waals surface area (Å²) in [5, 5.41) is 0. The summed E-state index contributed by atoms with van der Waals surface area (Å²) < 4.78 is 40.0. The largest absolute Gasteiger partial charge is 0.384 e. The van der Waals surface area contributed by atoms with Gasteiger partial charge in [-0.2, -0.15) is 4.31 Å². The average molecular weight is 309 g/mol. The van der Waals surface area contributed by atoms with Crippen LogP contribution in [0.3, 0.4) is 0 Å². The van der Waals surface area contributed by atoms with Crippen LogP contribution in [0.1, 0.15) is 18.5 Å². The van der Waals surface area contributed by atoms with Gasteiger partial charge in [0.1, 0.15) is 11.6 Å². The lowest BCUT2D eigenvalue weighted by molar-refractivity contribution is 0.387. The second-order valence-corrected chi connectivity index (χ2v) is 6.63. The standard InChI is InChI=1S/C14H16FN3O2S/c1-10(12-5-3-4-6-13(12)15)18(2)21(19,20)11-7-8-17-14(16)9-11/h3-10H,1-2H3,(H2,16,17). The molecule has 0 saturated carbocycles. The molecule has 1 aromatic heterocycles. The highest BCUT2D eigenvalue weighted by Crippen LogP contribution is 2.27. The fourth-order valence-corrected chi connectivity index (χ4v) is 3.34. The first-order chi connectivity index (χ1) is 9.84. The van der Waals surface area contributed by atoms with E-state index in [0.29, 0.717) is 5.56 Å². The summed E-state index contributed by atoms with van der Waals surface area (Å²) in [6, 6.07) is 8.08. The van der Waals surface area contributed by atoms with E-state index in [1.54, 1.807) is 25.1 Å². The van der Waals surface area contributed by atoms with Crippen molar-refractivity contribution in [3.63, 3.8) is 0 Å². The number of pyridine rings is 1. The number of benzene rings is 1. The Morgan fingerprint density at radius 3 is 2.57 bits per heavy atom. The van der Waals surface area contributed by atoms with Gasteiger partial charge in [0.2, 0.25) is 10.0 Å². The van der Waals surface area contributed by atoms with Gasteiger partial charge >= 0.3 is 0 Å². The molecule has 0 aliphatic rings. The van der Waals surface area contributed by atoms with Gasteiger partial charge in [0, 0.05) is 30.9 Å². The minimum atomic E-state index is -3.78. The van der Waals surface area contributed by atoms with Crippen LogP contribution in [-0.4, -0.2) is 24.8 Å². The lowest BCUT2D eigenvalue weighted by Crippen LogP contribution is -2.30. The van der Waals surface area contributed by atoms with E-state index in [2.05, 4.69) is 4.98 Å². The van der Waals surface area contributed by atoms with Gasteiger partial charge in [0.05, 0.1) is 4.90 Å². The predicted molar refractivity (Wildman–Crippen MR) is 78.4 cm³/mol. The van der Waals surface area contributed by atoms with Gasteiger partial charge in [-0.25, -0.2) is 17.8 Å². The van der Waals surface area contributed by atoms with Crippen molar-refractivity contribution in [3.05, 3.63) is 54.0 Å². The summed E-state index contributed by atoms with van der Waals surface area (Å²) in [6.45, 7) is 1.63. The monoisotopic (exact) mass is 309 g/mol.